The van der Waals surface area contributed by atoms with E-state index >= 15 is 0 Å². The molecular formula is C13H11ClF3NO2. The van der Waals surface area contributed by atoms with Crippen LogP contribution in [0.5, 0.6) is 0 Å². The Kier molecular flexibility index (Phi) is 4.25. The zero-order valence-corrected chi connectivity index (χ0v) is 10.9. The number of hydrogen-bond acceptors (Lipinski definition) is 3. The predicted molar refractivity (Wildman–Crippen MR) is 68.4 cm³/mol. The van der Waals surface area contributed by atoms with E-state index in [4.69, 9.17) is 21.1 Å². The Morgan fingerprint density at radius 1 is 1.15 bits per heavy atom. The predicted octanol–water partition coefficient (Wildman–Crippen LogP) is 4.06. The lowest BCUT2D eigenvalue weighted by Crippen LogP contribution is -2.06. The summed E-state index contributed by atoms with van der Waals surface area (Å²) in [4.78, 5) is 0. The first-order valence-corrected chi connectivity index (χ1v) is 6.07. The van der Waals surface area contributed by atoms with Gasteiger partial charge in [-0.25, -0.2) is 0 Å². The Labute approximate surface area is 118 Å². The van der Waals surface area contributed by atoms with Gasteiger partial charge in [0, 0.05) is 0 Å². The van der Waals surface area contributed by atoms with Gasteiger partial charge in [0.2, 0.25) is 0 Å². The monoisotopic (exact) mass is 305 g/mol. The van der Waals surface area contributed by atoms with Crippen LogP contribution in [0.25, 0.3) is 0 Å². The van der Waals surface area contributed by atoms with Crippen LogP contribution in [0.4, 0.5) is 18.9 Å². The van der Waals surface area contributed by atoms with Crippen LogP contribution >= 0.6 is 11.6 Å². The SMILES string of the molecule is OCc1ccc(CNc2ccc(C(F)(F)F)cc2Cl)o1. The highest BCUT2D eigenvalue weighted by atomic mass is 35.5. The molecule has 0 atom stereocenters. The fourth-order valence-electron chi connectivity index (χ4n) is 1.62. The Balaban J connectivity index is 2.06. The first kappa shape index (κ1) is 14.7. The fourth-order valence-corrected chi connectivity index (χ4v) is 1.87. The standard InChI is InChI=1S/C13H11ClF3NO2/c14-11-5-8(13(15,16)17)1-4-12(11)18-6-9-2-3-10(7-19)20-9/h1-5,18-19H,6-7H2. The number of nitrogens with one attached hydrogen (secondary N) is 1. The maximum Gasteiger partial charge on any atom is 0.416 e. The molecule has 0 bridgehead atoms. The number of aliphatic hydroxyl groups is 1. The van der Waals surface area contributed by atoms with Gasteiger partial charge in [0.1, 0.15) is 18.1 Å². The number of furan rings is 1. The number of aliphatic hydroxyl groups excluding tert-OH is 1. The Morgan fingerprint density at radius 2 is 1.85 bits per heavy atom. The molecule has 1 aromatic carbocycles. The summed E-state index contributed by atoms with van der Waals surface area (Å²) < 4.78 is 42.7. The van der Waals surface area contributed by atoms with Crippen molar-refractivity contribution < 1.29 is 22.7 Å². The zero-order valence-electron chi connectivity index (χ0n) is 10.2. The largest absolute Gasteiger partial charge is 0.462 e. The highest BCUT2D eigenvalue weighted by Crippen LogP contribution is 2.33. The molecule has 3 nitrogen and oxygen atoms in total. The molecule has 1 heterocycles. The van der Waals surface area contributed by atoms with Gasteiger partial charge in [0.15, 0.2) is 0 Å². The maximum absolute atomic E-state index is 12.5. The molecule has 0 aliphatic rings. The van der Waals surface area contributed by atoms with E-state index in [1.165, 1.54) is 6.07 Å². The van der Waals surface area contributed by atoms with Gasteiger partial charge in [-0.1, -0.05) is 11.6 Å². The summed E-state index contributed by atoms with van der Waals surface area (Å²) in [5.74, 6) is 0.963. The molecule has 0 unspecified atom stereocenters. The topological polar surface area (TPSA) is 45.4 Å². The fraction of sp³-hybridized carbons (Fsp3) is 0.231. The zero-order chi connectivity index (χ0) is 14.8. The Bertz CT molecular complexity index is 596. The van der Waals surface area contributed by atoms with E-state index in [1.807, 2.05) is 0 Å². The van der Waals surface area contributed by atoms with Crippen LogP contribution in [0.15, 0.2) is 34.7 Å². The minimum atomic E-state index is -4.42. The van der Waals surface area contributed by atoms with Crippen LogP contribution in [-0.2, 0) is 19.3 Å². The minimum Gasteiger partial charge on any atom is -0.462 e. The van der Waals surface area contributed by atoms with E-state index < -0.39 is 11.7 Å². The van der Waals surface area contributed by atoms with Crippen molar-refractivity contribution in [3.05, 3.63) is 52.4 Å². The summed E-state index contributed by atoms with van der Waals surface area (Å²) in [6.07, 6.45) is -4.42. The molecule has 2 rings (SSSR count). The molecule has 0 aliphatic heterocycles. The number of rotatable bonds is 4. The highest BCUT2D eigenvalue weighted by molar-refractivity contribution is 6.33. The molecule has 0 amide bonds. The first-order chi connectivity index (χ1) is 9.40. The number of hydrogen-bond donors (Lipinski definition) is 2. The van der Waals surface area contributed by atoms with Gasteiger partial charge in [-0.05, 0) is 30.3 Å². The molecular weight excluding hydrogens is 295 g/mol. The summed E-state index contributed by atoms with van der Waals surface area (Å²) in [7, 11) is 0. The van der Waals surface area contributed by atoms with Gasteiger partial charge in [-0.3, -0.25) is 0 Å². The average Bonchev–Trinajstić information content (AvgIpc) is 2.84. The number of halogens is 4. The van der Waals surface area contributed by atoms with Crippen LogP contribution < -0.4 is 5.32 Å². The van der Waals surface area contributed by atoms with Crippen LogP contribution in [0.2, 0.25) is 5.02 Å². The third-order valence-corrected chi connectivity index (χ3v) is 2.94. The smallest absolute Gasteiger partial charge is 0.416 e. The summed E-state index contributed by atoms with van der Waals surface area (Å²) in [6.45, 7) is 0.0477. The van der Waals surface area contributed by atoms with Crippen molar-refractivity contribution in [1.82, 2.24) is 0 Å². The van der Waals surface area contributed by atoms with Crippen molar-refractivity contribution in [2.45, 2.75) is 19.3 Å². The second-order valence-corrected chi connectivity index (χ2v) is 4.48. The average molecular weight is 306 g/mol. The first-order valence-electron chi connectivity index (χ1n) is 5.69. The lowest BCUT2D eigenvalue weighted by Gasteiger charge is -2.11. The van der Waals surface area contributed by atoms with Gasteiger partial charge in [-0.2, -0.15) is 13.2 Å². The molecule has 108 valence electrons. The Morgan fingerprint density at radius 3 is 2.40 bits per heavy atom. The van der Waals surface area contributed by atoms with E-state index in [0.717, 1.165) is 12.1 Å². The van der Waals surface area contributed by atoms with E-state index in [-0.39, 0.29) is 18.2 Å². The molecule has 0 saturated heterocycles. The Hall–Kier alpha value is -1.66. The quantitative estimate of drug-likeness (QED) is 0.895. The molecule has 0 fully saturated rings. The molecule has 7 heteroatoms. The second-order valence-electron chi connectivity index (χ2n) is 4.07. The number of anilines is 1. The molecule has 1 aromatic heterocycles. The summed E-state index contributed by atoms with van der Waals surface area (Å²) >= 11 is 5.80. The van der Waals surface area contributed by atoms with Crippen LogP contribution in [0.1, 0.15) is 17.1 Å². The van der Waals surface area contributed by atoms with Crippen LogP contribution in [0.3, 0.4) is 0 Å². The van der Waals surface area contributed by atoms with E-state index in [0.29, 0.717) is 17.2 Å². The normalized spacial score (nSPS) is 11.7. The molecule has 0 radical (unpaired) electrons. The molecule has 2 N–H and O–H groups in total. The van der Waals surface area contributed by atoms with Gasteiger partial charge < -0.3 is 14.8 Å². The number of benzene rings is 1. The van der Waals surface area contributed by atoms with Crippen molar-refractivity contribution in [3.8, 4) is 0 Å². The lowest BCUT2D eigenvalue weighted by atomic mass is 10.2. The molecule has 0 saturated carbocycles. The third kappa shape index (κ3) is 3.46. The third-order valence-electron chi connectivity index (χ3n) is 2.62. The van der Waals surface area contributed by atoms with Crippen molar-refractivity contribution >= 4 is 17.3 Å². The van der Waals surface area contributed by atoms with E-state index in [1.54, 1.807) is 12.1 Å². The van der Waals surface area contributed by atoms with Crippen LogP contribution in [-0.4, -0.2) is 5.11 Å². The van der Waals surface area contributed by atoms with Crippen molar-refractivity contribution in [3.63, 3.8) is 0 Å². The summed E-state index contributed by atoms with van der Waals surface area (Å²) in [5.41, 5.74) is -0.421. The second kappa shape index (κ2) is 5.76. The minimum absolute atomic E-state index is 0.0197. The molecule has 2 aromatic rings. The molecule has 20 heavy (non-hydrogen) atoms. The van der Waals surface area contributed by atoms with Crippen molar-refractivity contribution in [1.29, 1.82) is 0 Å². The van der Waals surface area contributed by atoms with Gasteiger partial charge in [-0.15, -0.1) is 0 Å². The maximum atomic E-state index is 12.5. The van der Waals surface area contributed by atoms with Gasteiger partial charge >= 0.3 is 6.18 Å². The van der Waals surface area contributed by atoms with Gasteiger partial charge in [0.25, 0.3) is 0 Å². The summed E-state index contributed by atoms with van der Waals surface area (Å²) in [6, 6.07) is 6.36. The lowest BCUT2D eigenvalue weighted by molar-refractivity contribution is -0.137. The van der Waals surface area contributed by atoms with Gasteiger partial charge in [0.05, 0.1) is 22.8 Å². The van der Waals surface area contributed by atoms with Crippen molar-refractivity contribution in [2.24, 2.45) is 0 Å². The molecule has 0 spiro atoms. The van der Waals surface area contributed by atoms with E-state index in [2.05, 4.69) is 5.32 Å². The number of alkyl halides is 3. The molecule has 0 aliphatic carbocycles. The van der Waals surface area contributed by atoms with Crippen LogP contribution in [0, 0.1) is 0 Å². The summed E-state index contributed by atoms with van der Waals surface area (Å²) in [5, 5.41) is 11.7. The van der Waals surface area contributed by atoms with Crippen molar-refractivity contribution in [2.75, 3.05) is 5.32 Å². The highest BCUT2D eigenvalue weighted by Gasteiger charge is 2.30. The van der Waals surface area contributed by atoms with E-state index in [9.17, 15) is 13.2 Å².